The normalized spacial score (nSPS) is 17.1. The molecule has 2 aromatic rings. The Hall–Kier alpha value is -2.77. The molecule has 160 valence electrons. The summed E-state index contributed by atoms with van der Waals surface area (Å²) in [5.41, 5.74) is 1.84. The molecule has 30 heavy (non-hydrogen) atoms. The van der Waals surface area contributed by atoms with Crippen LogP contribution in [0.15, 0.2) is 54.6 Å². The third-order valence-corrected chi connectivity index (χ3v) is 5.04. The van der Waals surface area contributed by atoms with Crippen LogP contribution in [0.2, 0.25) is 0 Å². The van der Waals surface area contributed by atoms with Crippen LogP contribution in [-0.4, -0.2) is 67.6 Å². The van der Waals surface area contributed by atoms with Crippen LogP contribution >= 0.6 is 0 Å². The highest BCUT2D eigenvalue weighted by Gasteiger charge is 2.30. The number of hydrogen-bond donors (Lipinski definition) is 0. The van der Waals surface area contributed by atoms with Crippen molar-refractivity contribution in [2.45, 2.75) is 19.1 Å². The van der Waals surface area contributed by atoms with Gasteiger partial charge in [0.15, 0.2) is 0 Å². The Balaban J connectivity index is 1.68. The molecule has 1 aliphatic rings. The molecule has 0 saturated carbocycles. The van der Waals surface area contributed by atoms with Crippen molar-refractivity contribution in [1.82, 2.24) is 9.80 Å². The summed E-state index contributed by atoms with van der Waals surface area (Å²) >= 11 is 0. The van der Waals surface area contributed by atoms with Gasteiger partial charge in [-0.15, -0.1) is 0 Å². The molecule has 1 atom stereocenters. The van der Waals surface area contributed by atoms with E-state index in [1.807, 2.05) is 30.3 Å². The fourth-order valence-corrected chi connectivity index (χ4v) is 3.45. The first-order valence-electron chi connectivity index (χ1n) is 9.99. The van der Waals surface area contributed by atoms with Gasteiger partial charge in [-0.2, -0.15) is 0 Å². The molecule has 2 amide bonds. The highest BCUT2D eigenvalue weighted by Crippen LogP contribution is 2.13. The quantitative estimate of drug-likeness (QED) is 0.665. The number of hydrogen-bond acceptors (Lipinski definition) is 4. The van der Waals surface area contributed by atoms with Crippen molar-refractivity contribution in [3.63, 3.8) is 0 Å². The summed E-state index contributed by atoms with van der Waals surface area (Å²) in [7, 11) is 1.45. The van der Waals surface area contributed by atoms with E-state index in [2.05, 4.69) is 0 Å². The van der Waals surface area contributed by atoms with Crippen molar-refractivity contribution < 1.29 is 23.5 Å². The van der Waals surface area contributed by atoms with Crippen molar-refractivity contribution in [2.75, 3.05) is 39.9 Å². The third kappa shape index (κ3) is 6.37. The summed E-state index contributed by atoms with van der Waals surface area (Å²) in [6.07, 6.45) is 0.339. The van der Waals surface area contributed by atoms with Gasteiger partial charge in [0.2, 0.25) is 11.8 Å². The molecular formula is C23H27FN2O4. The lowest BCUT2D eigenvalue weighted by molar-refractivity contribution is -0.141. The van der Waals surface area contributed by atoms with Gasteiger partial charge in [-0.05, 0) is 29.7 Å². The predicted octanol–water partition coefficient (Wildman–Crippen LogP) is 2.27. The fourth-order valence-electron chi connectivity index (χ4n) is 3.45. The SMILES string of the molecule is COCC(=O)N1CC(=O)N(CCc2ccccc2)C[C@@H](OCc2cccc(F)c2)C1. The van der Waals surface area contributed by atoms with Crippen molar-refractivity contribution in [1.29, 1.82) is 0 Å². The van der Waals surface area contributed by atoms with Crippen molar-refractivity contribution in [3.05, 3.63) is 71.5 Å². The Kier molecular flexibility index (Phi) is 7.93. The lowest BCUT2D eigenvalue weighted by Crippen LogP contribution is -2.41. The molecule has 2 aromatic carbocycles. The van der Waals surface area contributed by atoms with E-state index < -0.39 is 0 Å². The van der Waals surface area contributed by atoms with Gasteiger partial charge >= 0.3 is 0 Å². The van der Waals surface area contributed by atoms with Crippen molar-refractivity contribution in [3.8, 4) is 0 Å². The van der Waals surface area contributed by atoms with Gasteiger partial charge in [0.25, 0.3) is 0 Å². The van der Waals surface area contributed by atoms with Crippen LogP contribution in [0, 0.1) is 5.82 Å². The maximum Gasteiger partial charge on any atom is 0.249 e. The zero-order valence-electron chi connectivity index (χ0n) is 17.1. The van der Waals surface area contributed by atoms with E-state index in [4.69, 9.17) is 9.47 Å². The largest absolute Gasteiger partial charge is 0.375 e. The molecule has 0 spiro atoms. The van der Waals surface area contributed by atoms with Gasteiger partial charge in [0.05, 0.1) is 19.3 Å². The average Bonchev–Trinajstić information content (AvgIpc) is 2.90. The Morgan fingerprint density at radius 1 is 1.10 bits per heavy atom. The number of carbonyl (C=O) groups excluding carboxylic acids is 2. The zero-order valence-corrected chi connectivity index (χ0v) is 17.1. The number of amides is 2. The molecule has 3 rings (SSSR count). The Morgan fingerprint density at radius 3 is 2.60 bits per heavy atom. The maximum atomic E-state index is 13.5. The maximum absolute atomic E-state index is 13.5. The topological polar surface area (TPSA) is 59.1 Å². The minimum absolute atomic E-state index is 0.00317. The summed E-state index contributed by atoms with van der Waals surface area (Å²) in [5.74, 6) is -0.698. The molecule has 0 aliphatic carbocycles. The highest BCUT2D eigenvalue weighted by molar-refractivity contribution is 5.86. The standard InChI is InChI=1S/C23H27FN2O4/c1-29-17-23(28)26-14-21(30-16-19-8-5-9-20(24)12-19)13-25(22(27)15-26)11-10-18-6-3-2-4-7-18/h2-9,12,21H,10-11,13-17H2,1H3/t21-/m1/s1. The Labute approximate surface area is 176 Å². The van der Waals surface area contributed by atoms with Gasteiger partial charge in [0, 0.05) is 26.7 Å². The average molecular weight is 414 g/mol. The molecule has 1 heterocycles. The molecule has 0 unspecified atom stereocenters. The van der Waals surface area contributed by atoms with Crippen LogP contribution in [0.3, 0.4) is 0 Å². The first-order chi connectivity index (χ1) is 14.5. The fraction of sp³-hybridized carbons (Fsp3) is 0.391. The zero-order chi connectivity index (χ0) is 21.3. The summed E-state index contributed by atoms with van der Waals surface area (Å²) in [6.45, 7) is 1.30. The Morgan fingerprint density at radius 2 is 1.87 bits per heavy atom. The first kappa shape index (κ1) is 21.9. The molecule has 0 bridgehead atoms. The summed E-state index contributed by atoms with van der Waals surface area (Å²) in [6, 6.07) is 16.1. The smallest absolute Gasteiger partial charge is 0.249 e. The lowest BCUT2D eigenvalue weighted by atomic mass is 10.1. The summed E-state index contributed by atoms with van der Waals surface area (Å²) < 4.78 is 24.4. The number of halogens is 1. The molecular weight excluding hydrogens is 387 g/mol. The molecule has 1 aliphatic heterocycles. The van der Waals surface area contributed by atoms with Crippen LogP contribution in [0.4, 0.5) is 4.39 Å². The van der Waals surface area contributed by atoms with E-state index in [0.717, 1.165) is 12.0 Å². The van der Waals surface area contributed by atoms with Crippen molar-refractivity contribution in [2.24, 2.45) is 0 Å². The Bertz CT molecular complexity index is 846. The monoisotopic (exact) mass is 414 g/mol. The number of benzene rings is 2. The molecule has 0 aromatic heterocycles. The second kappa shape index (κ2) is 10.8. The van der Waals surface area contributed by atoms with Gasteiger partial charge in [-0.1, -0.05) is 42.5 Å². The number of rotatable bonds is 8. The summed E-state index contributed by atoms with van der Waals surface area (Å²) in [4.78, 5) is 28.4. The summed E-state index contributed by atoms with van der Waals surface area (Å²) in [5, 5.41) is 0. The molecule has 1 fully saturated rings. The predicted molar refractivity (Wildman–Crippen MR) is 110 cm³/mol. The molecule has 6 nitrogen and oxygen atoms in total. The first-order valence-corrected chi connectivity index (χ1v) is 9.99. The second-order valence-electron chi connectivity index (χ2n) is 7.35. The van der Waals surface area contributed by atoms with E-state index in [9.17, 15) is 14.0 Å². The van der Waals surface area contributed by atoms with Gasteiger partial charge in [-0.25, -0.2) is 4.39 Å². The number of carbonyl (C=O) groups is 2. The van der Waals surface area contributed by atoms with Gasteiger partial charge in [0.1, 0.15) is 12.4 Å². The van der Waals surface area contributed by atoms with Crippen LogP contribution in [-0.2, 0) is 32.1 Å². The van der Waals surface area contributed by atoms with E-state index in [1.54, 1.807) is 17.0 Å². The molecule has 0 radical (unpaired) electrons. The van der Waals surface area contributed by atoms with Crippen LogP contribution in [0.25, 0.3) is 0 Å². The van der Waals surface area contributed by atoms with E-state index in [-0.39, 0.29) is 50.0 Å². The molecule has 1 saturated heterocycles. The van der Waals surface area contributed by atoms with Gasteiger partial charge < -0.3 is 19.3 Å². The number of methoxy groups -OCH3 is 1. The molecule has 7 heteroatoms. The second-order valence-corrected chi connectivity index (χ2v) is 7.35. The van der Waals surface area contributed by atoms with E-state index in [0.29, 0.717) is 18.7 Å². The lowest BCUT2D eigenvalue weighted by Gasteiger charge is -2.25. The van der Waals surface area contributed by atoms with Crippen LogP contribution < -0.4 is 0 Å². The van der Waals surface area contributed by atoms with Crippen molar-refractivity contribution >= 4 is 11.8 Å². The minimum atomic E-state index is -0.378. The third-order valence-electron chi connectivity index (χ3n) is 5.04. The molecule has 0 N–H and O–H groups in total. The van der Waals surface area contributed by atoms with Crippen LogP contribution in [0.1, 0.15) is 11.1 Å². The van der Waals surface area contributed by atoms with E-state index >= 15 is 0 Å². The van der Waals surface area contributed by atoms with E-state index in [1.165, 1.54) is 24.1 Å². The van der Waals surface area contributed by atoms with Gasteiger partial charge in [-0.3, -0.25) is 9.59 Å². The number of nitrogens with zero attached hydrogens (tertiary/aromatic N) is 2. The number of ether oxygens (including phenoxy) is 2. The highest BCUT2D eigenvalue weighted by atomic mass is 19.1. The minimum Gasteiger partial charge on any atom is -0.375 e. The van der Waals surface area contributed by atoms with Crippen LogP contribution in [0.5, 0.6) is 0 Å².